The summed E-state index contributed by atoms with van der Waals surface area (Å²) >= 11 is 0. The molecule has 3 aliphatic heterocycles. The van der Waals surface area contributed by atoms with Crippen LogP contribution in [0.3, 0.4) is 0 Å². The Morgan fingerprint density at radius 1 is 1.20 bits per heavy atom. The summed E-state index contributed by atoms with van der Waals surface area (Å²) in [5, 5.41) is 6.15. The number of hydrogen-bond acceptors (Lipinski definition) is 3. The van der Waals surface area contributed by atoms with E-state index in [9.17, 15) is 4.79 Å². The molecule has 2 N–H and O–H groups in total. The SMILES string of the molecule is O=C(NC[C@H]1CCN(C2CC2)C1)N[C@@H]1C[C@H]2CC[C@H]1O2. The van der Waals surface area contributed by atoms with Crippen LogP contribution >= 0.6 is 0 Å². The number of ether oxygens (including phenoxy) is 1. The van der Waals surface area contributed by atoms with Crippen molar-refractivity contribution in [3.05, 3.63) is 0 Å². The van der Waals surface area contributed by atoms with Crippen molar-refractivity contribution in [1.82, 2.24) is 15.5 Å². The molecule has 0 aromatic carbocycles. The Bertz CT molecular complexity index is 385. The van der Waals surface area contributed by atoms with E-state index in [0.29, 0.717) is 12.0 Å². The van der Waals surface area contributed by atoms with Crippen molar-refractivity contribution >= 4 is 6.03 Å². The van der Waals surface area contributed by atoms with Crippen LogP contribution in [-0.2, 0) is 4.74 Å². The highest BCUT2D eigenvalue weighted by atomic mass is 16.5. The van der Waals surface area contributed by atoms with Crippen molar-refractivity contribution in [2.24, 2.45) is 5.92 Å². The Balaban J connectivity index is 1.17. The van der Waals surface area contributed by atoms with Crippen molar-refractivity contribution in [3.63, 3.8) is 0 Å². The maximum Gasteiger partial charge on any atom is 0.315 e. The number of nitrogens with zero attached hydrogens (tertiary/aromatic N) is 1. The van der Waals surface area contributed by atoms with Gasteiger partial charge in [0, 0.05) is 19.1 Å². The molecule has 3 saturated heterocycles. The van der Waals surface area contributed by atoms with Crippen molar-refractivity contribution < 1.29 is 9.53 Å². The van der Waals surface area contributed by atoms with Gasteiger partial charge in [0.25, 0.3) is 0 Å². The van der Waals surface area contributed by atoms with E-state index in [0.717, 1.165) is 25.4 Å². The van der Waals surface area contributed by atoms with Gasteiger partial charge in [-0.05, 0) is 51.0 Å². The minimum Gasteiger partial charge on any atom is -0.373 e. The van der Waals surface area contributed by atoms with Crippen LogP contribution in [-0.4, -0.2) is 54.9 Å². The summed E-state index contributed by atoms with van der Waals surface area (Å²) < 4.78 is 5.76. The summed E-state index contributed by atoms with van der Waals surface area (Å²) in [5.74, 6) is 0.637. The highest BCUT2D eigenvalue weighted by molar-refractivity contribution is 5.74. The largest absolute Gasteiger partial charge is 0.373 e. The van der Waals surface area contributed by atoms with Gasteiger partial charge in [0.05, 0.1) is 18.2 Å². The van der Waals surface area contributed by atoms with E-state index in [1.807, 2.05) is 0 Å². The quantitative estimate of drug-likeness (QED) is 0.810. The highest BCUT2D eigenvalue weighted by Crippen LogP contribution is 2.34. The lowest BCUT2D eigenvalue weighted by atomic mass is 9.96. The maximum atomic E-state index is 12.0. The second-order valence-corrected chi connectivity index (χ2v) is 6.95. The maximum absolute atomic E-state index is 12.0. The summed E-state index contributed by atoms with van der Waals surface area (Å²) in [5.41, 5.74) is 0. The molecule has 1 saturated carbocycles. The Labute approximate surface area is 120 Å². The predicted octanol–water partition coefficient (Wildman–Crippen LogP) is 1.09. The lowest BCUT2D eigenvalue weighted by Gasteiger charge is -2.21. The number of hydrogen-bond donors (Lipinski definition) is 2. The molecule has 0 aromatic heterocycles. The monoisotopic (exact) mass is 279 g/mol. The van der Waals surface area contributed by atoms with Gasteiger partial charge in [-0.15, -0.1) is 0 Å². The second-order valence-electron chi connectivity index (χ2n) is 6.95. The number of likely N-dealkylation sites (tertiary alicyclic amines) is 1. The summed E-state index contributed by atoms with van der Waals surface area (Å²) in [4.78, 5) is 14.6. The number of carbonyl (C=O) groups is 1. The van der Waals surface area contributed by atoms with E-state index in [4.69, 9.17) is 4.74 Å². The molecule has 3 heterocycles. The highest BCUT2D eigenvalue weighted by Gasteiger charge is 2.41. The van der Waals surface area contributed by atoms with Gasteiger partial charge in [-0.25, -0.2) is 4.79 Å². The first kappa shape index (κ1) is 12.9. The summed E-state index contributed by atoms with van der Waals surface area (Å²) in [6.07, 6.45) is 7.92. The lowest BCUT2D eigenvalue weighted by Crippen LogP contribution is -2.47. The van der Waals surface area contributed by atoms with Crippen molar-refractivity contribution in [1.29, 1.82) is 0 Å². The van der Waals surface area contributed by atoms with Crippen LogP contribution < -0.4 is 10.6 Å². The molecule has 4 aliphatic rings. The molecular formula is C15H25N3O2. The number of carbonyl (C=O) groups excluding carboxylic acids is 1. The first-order chi connectivity index (χ1) is 9.78. The molecule has 20 heavy (non-hydrogen) atoms. The standard InChI is InChI=1S/C15H25N3O2/c19-15(17-13-7-12-3-4-14(13)20-12)16-8-10-5-6-18(9-10)11-1-2-11/h10-14H,1-9H2,(H2,16,17,19)/t10-,12-,13-,14-/m1/s1. The normalized spacial score (nSPS) is 40.2. The van der Waals surface area contributed by atoms with E-state index < -0.39 is 0 Å². The zero-order chi connectivity index (χ0) is 13.5. The smallest absolute Gasteiger partial charge is 0.315 e. The van der Waals surface area contributed by atoms with Gasteiger partial charge in [0.15, 0.2) is 0 Å². The molecular weight excluding hydrogens is 254 g/mol. The number of urea groups is 1. The van der Waals surface area contributed by atoms with Crippen LogP contribution in [0.4, 0.5) is 4.79 Å². The van der Waals surface area contributed by atoms with Gasteiger partial charge in [-0.3, -0.25) is 0 Å². The molecule has 0 radical (unpaired) electrons. The van der Waals surface area contributed by atoms with Crippen LogP contribution in [0, 0.1) is 5.92 Å². The minimum atomic E-state index is -0.00368. The Morgan fingerprint density at radius 2 is 2.10 bits per heavy atom. The molecule has 4 atom stereocenters. The second kappa shape index (κ2) is 5.19. The van der Waals surface area contributed by atoms with E-state index >= 15 is 0 Å². The van der Waals surface area contributed by atoms with Gasteiger partial charge in [0.2, 0.25) is 0 Å². The Kier molecular flexibility index (Phi) is 3.34. The molecule has 4 rings (SSSR count). The fraction of sp³-hybridized carbons (Fsp3) is 0.933. The fourth-order valence-corrected chi connectivity index (χ4v) is 4.05. The van der Waals surface area contributed by atoms with Crippen molar-refractivity contribution in [3.8, 4) is 0 Å². The van der Waals surface area contributed by atoms with E-state index in [1.165, 1.54) is 38.8 Å². The average Bonchev–Trinajstić information content (AvgIpc) is 2.89. The Morgan fingerprint density at radius 3 is 2.80 bits per heavy atom. The molecule has 5 nitrogen and oxygen atoms in total. The van der Waals surface area contributed by atoms with Gasteiger partial charge in [-0.1, -0.05) is 0 Å². The van der Waals surface area contributed by atoms with Crippen molar-refractivity contribution in [2.45, 2.75) is 62.8 Å². The average molecular weight is 279 g/mol. The first-order valence-electron chi connectivity index (χ1n) is 8.22. The summed E-state index contributed by atoms with van der Waals surface area (Å²) in [7, 11) is 0. The van der Waals surface area contributed by atoms with Gasteiger partial charge in [-0.2, -0.15) is 0 Å². The molecule has 0 unspecified atom stereocenters. The molecule has 5 heteroatoms. The van der Waals surface area contributed by atoms with E-state index in [2.05, 4.69) is 15.5 Å². The van der Waals surface area contributed by atoms with Crippen LogP contribution in [0.15, 0.2) is 0 Å². The van der Waals surface area contributed by atoms with E-state index in [-0.39, 0.29) is 18.2 Å². The Hall–Kier alpha value is -0.810. The van der Waals surface area contributed by atoms with Crippen molar-refractivity contribution in [2.75, 3.05) is 19.6 Å². The molecule has 1 aliphatic carbocycles. The molecule has 2 bridgehead atoms. The van der Waals surface area contributed by atoms with Crippen LogP contribution in [0.5, 0.6) is 0 Å². The summed E-state index contributed by atoms with van der Waals surface area (Å²) in [6.45, 7) is 3.21. The third-order valence-electron chi connectivity index (χ3n) is 5.35. The van der Waals surface area contributed by atoms with Gasteiger partial charge >= 0.3 is 6.03 Å². The number of fused-ring (bicyclic) bond motifs is 2. The van der Waals surface area contributed by atoms with Crippen LogP contribution in [0.25, 0.3) is 0 Å². The number of rotatable bonds is 4. The molecule has 2 amide bonds. The molecule has 4 fully saturated rings. The third-order valence-corrected chi connectivity index (χ3v) is 5.35. The molecule has 112 valence electrons. The predicted molar refractivity (Wildman–Crippen MR) is 75.5 cm³/mol. The fourth-order valence-electron chi connectivity index (χ4n) is 4.05. The topological polar surface area (TPSA) is 53.6 Å². The van der Waals surface area contributed by atoms with Gasteiger partial charge < -0.3 is 20.3 Å². The number of nitrogens with one attached hydrogen (secondary N) is 2. The molecule has 0 aromatic rings. The van der Waals surface area contributed by atoms with E-state index in [1.54, 1.807) is 0 Å². The van der Waals surface area contributed by atoms with Crippen LogP contribution in [0.1, 0.15) is 38.5 Å². The molecule has 0 spiro atoms. The first-order valence-corrected chi connectivity index (χ1v) is 8.22. The minimum absolute atomic E-state index is 0.00368. The lowest BCUT2D eigenvalue weighted by molar-refractivity contribution is 0.0981. The number of amides is 2. The zero-order valence-corrected chi connectivity index (χ0v) is 12.0. The van der Waals surface area contributed by atoms with Crippen LogP contribution in [0.2, 0.25) is 0 Å². The zero-order valence-electron chi connectivity index (χ0n) is 12.0. The summed E-state index contributed by atoms with van der Waals surface area (Å²) in [6, 6.07) is 1.09. The third kappa shape index (κ3) is 2.66. The van der Waals surface area contributed by atoms with Gasteiger partial charge in [0.1, 0.15) is 0 Å².